The van der Waals surface area contributed by atoms with E-state index in [1.54, 1.807) is 25.2 Å². The molecular weight excluding hydrogens is 495 g/mol. The van der Waals surface area contributed by atoms with Gasteiger partial charge in [-0.2, -0.15) is 5.10 Å². The van der Waals surface area contributed by atoms with Gasteiger partial charge in [-0.1, -0.05) is 12.1 Å². The predicted molar refractivity (Wildman–Crippen MR) is 128 cm³/mol. The van der Waals surface area contributed by atoms with Crippen LogP contribution in [0.4, 0.5) is 0 Å². The summed E-state index contributed by atoms with van der Waals surface area (Å²) >= 11 is 0. The molecule has 1 aliphatic rings. The van der Waals surface area contributed by atoms with Gasteiger partial charge in [0.05, 0.1) is 18.3 Å². The number of amides is 1. The second kappa shape index (κ2) is 11.9. The second-order valence-corrected chi connectivity index (χ2v) is 7.48. The summed E-state index contributed by atoms with van der Waals surface area (Å²) in [5.41, 5.74) is 2.11. The molecule has 1 aliphatic heterocycles. The van der Waals surface area contributed by atoms with Crippen molar-refractivity contribution in [3.63, 3.8) is 0 Å². The van der Waals surface area contributed by atoms with Crippen LogP contribution in [0, 0.1) is 5.92 Å². The molecule has 0 spiro atoms. The number of rotatable bonds is 7. The highest BCUT2D eigenvalue weighted by molar-refractivity contribution is 14.0. The highest BCUT2D eigenvalue weighted by Crippen LogP contribution is 2.17. The van der Waals surface area contributed by atoms with E-state index in [2.05, 4.69) is 39.8 Å². The number of hydrogen-bond donors (Lipinski definition) is 2. The van der Waals surface area contributed by atoms with Crippen LogP contribution in [0.2, 0.25) is 0 Å². The van der Waals surface area contributed by atoms with Gasteiger partial charge in [-0.25, -0.2) is 9.67 Å². The average Bonchev–Trinajstić information content (AvgIpc) is 3.43. The van der Waals surface area contributed by atoms with Crippen LogP contribution in [0.1, 0.15) is 24.9 Å². The van der Waals surface area contributed by atoms with Crippen molar-refractivity contribution in [3.05, 3.63) is 48.3 Å². The molecule has 2 atom stereocenters. The molecule has 1 aromatic carbocycles. The Kier molecular flexibility index (Phi) is 9.57. The summed E-state index contributed by atoms with van der Waals surface area (Å²) < 4.78 is 7.28. The molecule has 3 rings (SSSR count). The van der Waals surface area contributed by atoms with Crippen LogP contribution < -0.4 is 10.6 Å². The summed E-state index contributed by atoms with van der Waals surface area (Å²) in [6.45, 7) is 4.51. The van der Waals surface area contributed by atoms with E-state index in [0.717, 1.165) is 37.4 Å². The number of carbonyl (C=O) groups excluding carboxylic acids is 1. The van der Waals surface area contributed by atoms with Crippen molar-refractivity contribution in [2.24, 2.45) is 10.9 Å². The Morgan fingerprint density at radius 2 is 2.23 bits per heavy atom. The Balaban J connectivity index is 0.00000320. The Morgan fingerprint density at radius 1 is 1.40 bits per heavy atom. The zero-order valence-electron chi connectivity index (χ0n) is 17.7. The third-order valence-electron chi connectivity index (χ3n) is 4.95. The van der Waals surface area contributed by atoms with Gasteiger partial charge in [0.1, 0.15) is 6.54 Å². The maximum Gasteiger partial charge on any atom is 0.243 e. The fourth-order valence-corrected chi connectivity index (χ4v) is 3.07. The van der Waals surface area contributed by atoms with Gasteiger partial charge in [-0.15, -0.1) is 24.0 Å². The summed E-state index contributed by atoms with van der Waals surface area (Å²) in [4.78, 5) is 18.0. The lowest BCUT2D eigenvalue weighted by atomic mass is 10.1. The lowest BCUT2D eigenvalue weighted by Gasteiger charge is -2.21. The highest BCUT2D eigenvalue weighted by Gasteiger charge is 2.17. The number of ether oxygens (including phenoxy) is 1. The van der Waals surface area contributed by atoms with Crippen LogP contribution in [-0.4, -0.2) is 66.9 Å². The van der Waals surface area contributed by atoms with Crippen molar-refractivity contribution in [1.82, 2.24) is 25.3 Å². The van der Waals surface area contributed by atoms with E-state index in [1.807, 2.05) is 29.1 Å². The first-order valence-electron chi connectivity index (χ1n) is 9.95. The van der Waals surface area contributed by atoms with Gasteiger partial charge >= 0.3 is 0 Å². The standard InChI is InChI=1S/C21H30N6O2.HI/c1-16(18-6-4-7-19(12-18)27-10-5-9-24-27)25-21(23-14-20(28)26(2)3)22-13-17-8-11-29-15-17;/h4-7,9-10,12,16-17H,8,11,13-15H2,1-3H3,(H2,22,23,25);1H. The molecule has 30 heavy (non-hydrogen) atoms. The van der Waals surface area contributed by atoms with E-state index >= 15 is 0 Å². The first-order chi connectivity index (χ1) is 14.0. The van der Waals surface area contributed by atoms with Gasteiger partial charge in [-0.3, -0.25) is 4.79 Å². The van der Waals surface area contributed by atoms with Crippen molar-refractivity contribution < 1.29 is 9.53 Å². The molecule has 9 heteroatoms. The van der Waals surface area contributed by atoms with Crippen LogP contribution >= 0.6 is 24.0 Å². The number of likely N-dealkylation sites (N-methyl/N-ethyl adjacent to an activating group) is 1. The largest absolute Gasteiger partial charge is 0.381 e. The molecule has 8 nitrogen and oxygen atoms in total. The molecule has 1 fully saturated rings. The Bertz CT molecular complexity index is 819. The zero-order chi connectivity index (χ0) is 20.6. The fraction of sp³-hybridized carbons (Fsp3) is 0.476. The average molecular weight is 526 g/mol. The normalized spacial score (nSPS) is 17.2. The minimum Gasteiger partial charge on any atom is -0.381 e. The summed E-state index contributed by atoms with van der Waals surface area (Å²) in [6, 6.07) is 10.1. The Morgan fingerprint density at radius 3 is 2.90 bits per heavy atom. The van der Waals surface area contributed by atoms with Crippen LogP contribution in [0.5, 0.6) is 0 Å². The minimum atomic E-state index is -0.0383. The van der Waals surface area contributed by atoms with Gasteiger partial charge in [0.2, 0.25) is 5.91 Å². The van der Waals surface area contributed by atoms with Crippen molar-refractivity contribution in [2.45, 2.75) is 19.4 Å². The maximum absolute atomic E-state index is 12.0. The summed E-state index contributed by atoms with van der Waals surface area (Å²) in [6.07, 6.45) is 4.72. The number of carbonyl (C=O) groups is 1. The third-order valence-corrected chi connectivity index (χ3v) is 4.95. The molecular formula is C21H31IN6O2. The second-order valence-electron chi connectivity index (χ2n) is 7.48. The first-order valence-corrected chi connectivity index (χ1v) is 9.95. The molecule has 1 saturated heterocycles. The number of nitrogens with one attached hydrogen (secondary N) is 2. The minimum absolute atomic E-state index is 0. The lowest BCUT2D eigenvalue weighted by molar-refractivity contribution is -0.127. The summed E-state index contributed by atoms with van der Waals surface area (Å²) in [5, 5.41) is 11.1. The molecule has 0 radical (unpaired) electrons. The predicted octanol–water partition coefficient (Wildman–Crippen LogP) is 2.21. The first kappa shape index (κ1) is 24.1. The van der Waals surface area contributed by atoms with E-state index in [-0.39, 0.29) is 42.5 Å². The monoisotopic (exact) mass is 526 g/mol. The van der Waals surface area contributed by atoms with Crippen molar-refractivity contribution in [3.8, 4) is 5.69 Å². The molecule has 0 bridgehead atoms. The molecule has 0 aliphatic carbocycles. The van der Waals surface area contributed by atoms with Crippen LogP contribution in [0.3, 0.4) is 0 Å². The Hall–Kier alpha value is -2.14. The van der Waals surface area contributed by atoms with Gasteiger partial charge in [-0.05, 0) is 37.1 Å². The van der Waals surface area contributed by atoms with Crippen molar-refractivity contribution >= 4 is 35.8 Å². The number of benzene rings is 1. The number of aliphatic imine (C=N–C) groups is 1. The molecule has 2 aromatic rings. The molecule has 2 N–H and O–H groups in total. The van der Waals surface area contributed by atoms with Crippen LogP contribution in [-0.2, 0) is 9.53 Å². The quantitative estimate of drug-likeness (QED) is 0.329. The van der Waals surface area contributed by atoms with Gasteiger partial charge in [0.25, 0.3) is 0 Å². The molecule has 1 amide bonds. The van der Waals surface area contributed by atoms with Gasteiger partial charge in [0, 0.05) is 45.6 Å². The number of guanidine groups is 1. The number of halogens is 1. The smallest absolute Gasteiger partial charge is 0.243 e. The molecule has 2 heterocycles. The van der Waals surface area contributed by atoms with E-state index in [4.69, 9.17) is 4.74 Å². The molecule has 1 aromatic heterocycles. The molecule has 0 saturated carbocycles. The van der Waals surface area contributed by atoms with E-state index in [9.17, 15) is 4.79 Å². The van der Waals surface area contributed by atoms with Gasteiger partial charge in [0.15, 0.2) is 5.96 Å². The number of nitrogens with zero attached hydrogens (tertiary/aromatic N) is 4. The fourth-order valence-electron chi connectivity index (χ4n) is 3.07. The van der Waals surface area contributed by atoms with Crippen molar-refractivity contribution in [2.75, 3.05) is 40.4 Å². The van der Waals surface area contributed by atoms with E-state index in [0.29, 0.717) is 11.9 Å². The SMILES string of the molecule is CC(NC(=NCC(=O)N(C)C)NCC1CCOC1)c1cccc(-n2cccn2)c1.I. The molecule has 2 unspecified atom stereocenters. The van der Waals surface area contributed by atoms with Crippen molar-refractivity contribution in [1.29, 1.82) is 0 Å². The third kappa shape index (κ3) is 6.98. The van der Waals surface area contributed by atoms with Gasteiger partial charge < -0.3 is 20.3 Å². The summed E-state index contributed by atoms with van der Waals surface area (Å²) in [5.74, 6) is 1.05. The Labute approximate surface area is 195 Å². The topological polar surface area (TPSA) is 83.8 Å². The van der Waals surface area contributed by atoms with E-state index in [1.165, 1.54) is 0 Å². The lowest BCUT2D eigenvalue weighted by Crippen LogP contribution is -2.42. The number of hydrogen-bond acceptors (Lipinski definition) is 4. The summed E-state index contributed by atoms with van der Waals surface area (Å²) in [7, 11) is 3.47. The molecule has 164 valence electrons. The zero-order valence-corrected chi connectivity index (χ0v) is 20.1. The maximum atomic E-state index is 12.0. The van der Waals surface area contributed by atoms with Crippen LogP contribution in [0.25, 0.3) is 5.69 Å². The highest BCUT2D eigenvalue weighted by atomic mass is 127. The number of aromatic nitrogens is 2. The van der Waals surface area contributed by atoms with Crippen LogP contribution in [0.15, 0.2) is 47.7 Å². The van der Waals surface area contributed by atoms with E-state index < -0.39 is 0 Å².